The number of carbonyl (C=O) groups excluding carboxylic acids is 1. The zero-order valence-corrected chi connectivity index (χ0v) is 15.9. The van der Waals surface area contributed by atoms with Crippen LogP contribution in [0.4, 0.5) is 0 Å². The first-order valence-electron chi connectivity index (χ1n) is 8.99. The maximum Gasteiger partial charge on any atom is 0.224 e. The van der Waals surface area contributed by atoms with Gasteiger partial charge in [0, 0.05) is 37.6 Å². The highest BCUT2D eigenvalue weighted by atomic mass is 32.2. The first kappa shape index (κ1) is 18.1. The summed E-state index contributed by atoms with van der Waals surface area (Å²) in [5.74, 6) is 0.175. The summed E-state index contributed by atoms with van der Waals surface area (Å²) >= 11 is 0. The largest absolute Gasteiger partial charge is 0.379 e. The van der Waals surface area contributed by atoms with E-state index in [4.69, 9.17) is 4.74 Å². The number of carbonyl (C=O) groups is 1. The molecule has 1 saturated carbocycles. The van der Waals surface area contributed by atoms with E-state index >= 15 is 0 Å². The Morgan fingerprint density at radius 3 is 2.63 bits per heavy atom. The van der Waals surface area contributed by atoms with Gasteiger partial charge in [0.1, 0.15) is 0 Å². The summed E-state index contributed by atoms with van der Waals surface area (Å²) in [5, 5.41) is 3.19. The molecule has 2 aromatic rings. The molecule has 1 unspecified atom stereocenters. The second-order valence-electron chi connectivity index (χ2n) is 7.41. The monoisotopic (exact) mass is 386 g/mol. The number of sulfone groups is 1. The number of benzene rings is 1. The molecule has 1 saturated heterocycles. The van der Waals surface area contributed by atoms with E-state index in [1.54, 1.807) is 30.5 Å². The Morgan fingerprint density at radius 2 is 2.04 bits per heavy atom. The second-order valence-corrected chi connectivity index (χ2v) is 9.42. The lowest BCUT2D eigenvalue weighted by molar-refractivity contribution is -0.124. The normalized spacial score (nSPS) is 27.3. The molecular weight excluding hydrogens is 364 g/mol. The molecule has 6 nitrogen and oxygen atoms in total. The number of hydrogen-bond donors (Lipinski definition) is 1. The average molecular weight is 386 g/mol. The Labute approximate surface area is 158 Å². The maximum atomic E-state index is 12.9. The molecule has 0 spiro atoms. The molecular formula is C20H22N2O4S. The molecule has 1 aliphatic heterocycles. The molecule has 1 aromatic carbocycles. The van der Waals surface area contributed by atoms with Gasteiger partial charge in [-0.15, -0.1) is 0 Å². The average Bonchev–Trinajstić information content (AvgIpc) is 3.34. The molecule has 1 amide bonds. The maximum absolute atomic E-state index is 12.9. The van der Waals surface area contributed by atoms with Gasteiger partial charge in [0.25, 0.3) is 0 Å². The van der Waals surface area contributed by atoms with Crippen LogP contribution in [0, 0.1) is 5.92 Å². The molecule has 27 heavy (non-hydrogen) atoms. The SMILES string of the molecule is CS(=O)(=O)c1ccc(C2(NC(=O)[C@@H]3C[C@H]3c3cccnc3)CCOC2)cc1. The molecule has 2 fully saturated rings. The third-order valence-corrected chi connectivity index (χ3v) is 6.59. The van der Waals surface area contributed by atoms with E-state index in [1.165, 1.54) is 6.26 Å². The van der Waals surface area contributed by atoms with Crippen molar-refractivity contribution < 1.29 is 17.9 Å². The summed E-state index contributed by atoms with van der Waals surface area (Å²) in [4.78, 5) is 17.3. The third kappa shape index (κ3) is 3.61. The summed E-state index contributed by atoms with van der Waals surface area (Å²) in [5.41, 5.74) is 1.36. The van der Waals surface area contributed by atoms with Crippen LogP contribution < -0.4 is 5.32 Å². The summed E-state index contributed by atoms with van der Waals surface area (Å²) in [6, 6.07) is 10.6. The van der Waals surface area contributed by atoms with Crippen molar-refractivity contribution >= 4 is 15.7 Å². The Bertz CT molecular complexity index is 936. The lowest BCUT2D eigenvalue weighted by Crippen LogP contribution is -2.47. The van der Waals surface area contributed by atoms with Crippen LogP contribution in [0.15, 0.2) is 53.7 Å². The van der Waals surface area contributed by atoms with Crippen LogP contribution in [-0.2, 0) is 24.9 Å². The van der Waals surface area contributed by atoms with E-state index in [0.717, 1.165) is 17.5 Å². The van der Waals surface area contributed by atoms with Crippen molar-refractivity contribution in [2.45, 2.75) is 29.2 Å². The van der Waals surface area contributed by atoms with Gasteiger partial charge in [0.05, 0.1) is 17.0 Å². The lowest BCUT2D eigenvalue weighted by atomic mass is 9.88. The topological polar surface area (TPSA) is 85.4 Å². The van der Waals surface area contributed by atoms with Gasteiger partial charge in [-0.2, -0.15) is 0 Å². The quantitative estimate of drug-likeness (QED) is 0.850. The van der Waals surface area contributed by atoms with Gasteiger partial charge in [0.2, 0.25) is 5.91 Å². The highest BCUT2D eigenvalue weighted by Crippen LogP contribution is 2.48. The first-order valence-corrected chi connectivity index (χ1v) is 10.9. The third-order valence-electron chi connectivity index (χ3n) is 5.46. The number of rotatable bonds is 5. The number of aromatic nitrogens is 1. The van der Waals surface area contributed by atoms with Crippen LogP contribution in [-0.4, -0.2) is 38.8 Å². The van der Waals surface area contributed by atoms with Crippen molar-refractivity contribution in [2.24, 2.45) is 5.92 Å². The van der Waals surface area contributed by atoms with Crippen LogP contribution in [0.2, 0.25) is 0 Å². The molecule has 2 aliphatic rings. The number of hydrogen-bond acceptors (Lipinski definition) is 5. The standard InChI is InChI=1S/C20H22N2O4S/c1-27(24,25)16-6-4-15(5-7-16)20(8-10-26-13-20)22-19(23)18-11-17(18)14-3-2-9-21-12-14/h2-7,9,12,17-18H,8,10-11,13H2,1H3,(H,22,23)/t17-,18+,20?/m0/s1. The second kappa shape index (κ2) is 6.73. The molecule has 4 rings (SSSR count). The predicted molar refractivity (Wildman–Crippen MR) is 99.9 cm³/mol. The number of amides is 1. The van der Waals surface area contributed by atoms with Crippen molar-refractivity contribution in [2.75, 3.05) is 19.5 Å². The minimum Gasteiger partial charge on any atom is -0.379 e. The molecule has 7 heteroatoms. The minimum absolute atomic E-state index is 0.0153. The molecule has 1 aromatic heterocycles. The van der Waals surface area contributed by atoms with Crippen molar-refractivity contribution in [3.63, 3.8) is 0 Å². The number of pyridine rings is 1. The molecule has 1 aliphatic carbocycles. The minimum atomic E-state index is -3.25. The summed E-state index contributed by atoms with van der Waals surface area (Å²) in [7, 11) is -3.25. The van der Waals surface area contributed by atoms with Gasteiger partial charge in [-0.1, -0.05) is 18.2 Å². The Balaban J connectivity index is 1.52. The highest BCUT2D eigenvalue weighted by Gasteiger charge is 2.47. The summed E-state index contributed by atoms with van der Waals surface area (Å²) < 4.78 is 29.0. The van der Waals surface area contributed by atoms with Gasteiger partial charge >= 0.3 is 0 Å². The van der Waals surface area contributed by atoms with E-state index in [0.29, 0.717) is 19.6 Å². The van der Waals surface area contributed by atoms with Gasteiger partial charge in [-0.05, 0) is 41.7 Å². The van der Waals surface area contributed by atoms with Crippen LogP contribution in [0.5, 0.6) is 0 Å². The van der Waals surface area contributed by atoms with E-state index in [-0.39, 0.29) is 22.6 Å². The van der Waals surface area contributed by atoms with Crippen LogP contribution >= 0.6 is 0 Å². The Hall–Kier alpha value is -2.25. The fourth-order valence-corrected chi connectivity index (χ4v) is 4.39. The number of ether oxygens (including phenoxy) is 1. The van der Waals surface area contributed by atoms with E-state index in [1.807, 2.05) is 18.3 Å². The van der Waals surface area contributed by atoms with Gasteiger partial charge in [0.15, 0.2) is 9.84 Å². The smallest absolute Gasteiger partial charge is 0.224 e. The van der Waals surface area contributed by atoms with Crippen molar-refractivity contribution in [1.82, 2.24) is 10.3 Å². The van der Waals surface area contributed by atoms with Gasteiger partial charge in [-0.3, -0.25) is 9.78 Å². The fraction of sp³-hybridized carbons (Fsp3) is 0.400. The van der Waals surface area contributed by atoms with E-state index in [2.05, 4.69) is 10.3 Å². The van der Waals surface area contributed by atoms with Gasteiger partial charge in [-0.25, -0.2) is 8.42 Å². The van der Waals surface area contributed by atoms with Crippen LogP contribution in [0.25, 0.3) is 0 Å². The van der Waals surface area contributed by atoms with E-state index < -0.39 is 15.4 Å². The molecule has 1 N–H and O–H groups in total. The Kier molecular flexibility index (Phi) is 4.52. The number of nitrogens with one attached hydrogen (secondary N) is 1. The molecule has 2 heterocycles. The summed E-state index contributed by atoms with van der Waals surface area (Å²) in [6.45, 7) is 0.950. The zero-order chi connectivity index (χ0) is 19.1. The molecule has 142 valence electrons. The van der Waals surface area contributed by atoms with Crippen molar-refractivity contribution in [1.29, 1.82) is 0 Å². The highest BCUT2D eigenvalue weighted by molar-refractivity contribution is 7.90. The van der Waals surface area contributed by atoms with Gasteiger partial charge < -0.3 is 10.1 Å². The zero-order valence-electron chi connectivity index (χ0n) is 15.1. The number of nitrogens with zero attached hydrogens (tertiary/aromatic N) is 1. The molecule has 0 radical (unpaired) electrons. The van der Waals surface area contributed by atoms with Crippen LogP contribution in [0.3, 0.4) is 0 Å². The van der Waals surface area contributed by atoms with Crippen molar-refractivity contribution in [3.05, 3.63) is 59.9 Å². The van der Waals surface area contributed by atoms with Crippen LogP contribution in [0.1, 0.15) is 29.9 Å². The lowest BCUT2D eigenvalue weighted by Gasteiger charge is -2.30. The van der Waals surface area contributed by atoms with Crippen molar-refractivity contribution in [3.8, 4) is 0 Å². The van der Waals surface area contributed by atoms with E-state index in [9.17, 15) is 13.2 Å². The fourth-order valence-electron chi connectivity index (χ4n) is 3.76. The molecule has 0 bridgehead atoms. The summed E-state index contributed by atoms with van der Waals surface area (Å²) in [6.07, 6.45) is 6.22. The Morgan fingerprint density at radius 1 is 1.26 bits per heavy atom. The molecule has 3 atom stereocenters. The first-order chi connectivity index (χ1) is 12.9. The predicted octanol–water partition coefficient (Wildman–Crippen LogP) is 2.02.